The molecule has 0 saturated carbocycles. The number of amides is 1. The first-order chi connectivity index (χ1) is 13.6. The van der Waals surface area contributed by atoms with Crippen LogP contribution in [0, 0.1) is 0 Å². The van der Waals surface area contributed by atoms with Crippen LogP contribution in [0.25, 0.3) is 6.08 Å². The fourth-order valence-electron chi connectivity index (χ4n) is 3.48. The van der Waals surface area contributed by atoms with E-state index in [9.17, 15) is 4.79 Å². The van der Waals surface area contributed by atoms with Crippen LogP contribution in [-0.4, -0.2) is 52.8 Å². The van der Waals surface area contributed by atoms with E-state index in [2.05, 4.69) is 40.1 Å². The maximum Gasteiger partial charge on any atom is 0.266 e. The molecule has 1 amide bonds. The number of carbonyl (C=O) groups excluding carboxylic acids is 1. The number of thioether (sulfide) groups is 1. The maximum absolute atomic E-state index is 12.3. The van der Waals surface area contributed by atoms with Crippen molar-refractivity contribution in [2.75, 3.05) is 37.6 Å². The number of likely N-dealkylation sites (N-methyl/N-ethyl adjacent to an activating group) is 1. The smallest absolute Gasteiger partial charge is 0.266 e. The Morgan fingerprint density at radius 1 is 1.11 bits per heavy atom. The Labute approximate surface area is 175 Å². The van der Waals surface area contributed by atoms with Crippen molar-refractivity contribution in [1.82, 2.24) is 9.80 Å². The Morgan fingerprint density at radius 3 is 2.54 bits per heavy atom. The van der Waals surface area contributed by atoms with Crippen molar-refractivity contribution in [3.63, 3.8) is 0 Å². The van der Waals surface area contributed by atoms with Gasteiger partial charge in [-0.25, -0.2) is 0 Å². The maximum atomic E-state index is 12.3. The Kier molecular flexibility index (Phi) is 5.85. The van der Waals surface area contributed by atoms with Crippen molar-refractivity contribution in [1.29, 1.82) is 0 Å². The lowest BCUT2D eigenvalue weighted by Crippen LogP contribution is -2.45. The van der Waals surface area contributed by atoms with Crippen LogP contribution in [0.4, 0.5) is 5.69 Å². The molecule has 0 atom stereocenters. The first-order valence-corrected chi connectivity index (χ1v) is 10.7. The molecule has 5 nitrogen and oxygen atoms in total. The Morgan fingerprint density at radius 2 is 1.86 bits per heavy atom. The number of nitrogens with zero attached hydrogens (tertiary/aromatic N) is 3. The number of benzene rings is 1. The summed E-state index contributed by atoms with van der Waals surface area (Å²) in [5, 5.41) is 0. The van der Waals surface area contributed by atoms with Crippen molar-refractivity contribution < 1.29 is 9.21 Å². The lowest BCUT2D eigenvalue weighted by molar-refractivity contribution is -0.121. The van der Waals surface area contributed by atoms with Crippen molar-refractivity contribution in [2.24, 2.45) is 0 Å². The molecule has 2 fully saturated rings. The Balaban J connectivity index is 1.34. The lowest BCUT2D eigenvalue weighted by atomic mass is 10.2. The highest BCUT2D eigenvalue weighted by molar-refractivity contribution is 8.26. The summed E-state index contributed by atoms with van der Waals surface area (Å²) in [4.78, 5) is 19.4. The zero-order valence-electron chi connectivity index (χ0n) is 15.8. The fraction of sp³-hybridized carbons (Fsp3) is 0.333. The van der Waals surface area contributed by atoms with Gasteiger partial charge in [-0.05, 0) is 31.2 Å². The van der Waals surface area contributed by atoms with Crippen LogP contribution in [0.1, 0.15) is 18.4 Å². The van der Waals surface area contributed by atoms with Crippen LogP contribution in [-0.2, 0) is 11.3 Å². The van der Waals surface area contributed by atoms with E-state index >= 15 is 0 Å². The van der Waals surface area contributed by atoms with E-state index in [-0.39, 0.29) is 5.91 Å². The van der Waals surface area contributed by atoms with Gasteiger partial charge in [0.15, 0.2) is 0 Å². The Bertz CT molecular complexity index is 886. The molecule has 0 bridgehead atoms. The largest absolute Gasteiger partial charge is 0.460 e. The average Bonchev–Trinajstić information content (AvgIpc) is 3.26. The van der Waals surface area contributed by atoms with Crippen LogP contribution in [0.2, 0.25) is 0 Å². The third-order valence-corrected chi connectivity index (χ3v) is 6.40. The number of para-hydroxylation sites is 1. The van der Waals surface area contributed by atoms with Gasteiger partial charge in [0.05, 0.1) is 11.4 Å². The van der Waals surface area contributed by atoms with Crippen molar-refractivity contribution in [2.45, 2.75) is 13.5 Å². The molecule has 1 aromatic carbocycles. The molecular formula is C21H23N3O2S2. The molecule has 0 N–H and O–H groups in total. The number of hydrogen-bond acceptors (Lipinski definition) is 6. The molecule has 0 aliphatic carbocycles. The molecule has 146 valence electrons. The van der Waals surface area contributed by atoms with Gasteiger partial charge in [-0.1, -0.05) is 42.2 Å². The molecule has 1 aromatic heterocycles. The second-order valence-electron chi connectivity index (χ2n) is 6.83. The Hall–Kier alpha value is -2.09. The number of anilines is 1. The number of thiocarbonyl (C=S) groups is 1. The molecule has 3 heterocycles. The second-order valence-corrected chi connectivity index (χ2v) is 8.50. The third kappa shape index (κ3) is 4.16. The van der Waals surface area contributed by atoms with Gasteiger partial charge in [-0.3, -0.25) is 14.6 Å². The van der Waals surface area contributed by atoms with E-state index in [0.29, 0.717) is 21.5 Å². The zero-order chi connectivity index (χ0) is 19.5. The van der Waals surface area contributed by atoms with Crippen LogP contribution in [0.15, 0.2) is 51.8 Å². The number of rotatable bonds is 5. The normalized spacial score (nSPS) is 19.8. The molecular weight excluding hydrogens is 390 g/mol. The van der Waals surface area contributed by atoms with E-state index < -0.39 is 0 Å². The van der Waals surface area contributed by atoms with Crippen molar-refractivity contribution in [3.8, 4) is 0 Å². The predicted octanol–water partition coefficient (Wildman–Crippen LogP) is 3.82. The third-order valence-electron chi connectivity index (χ3n) is 5.02. The number of furan rings is 1. The van der Waals surface area contributed by atoms with Crippen LogP contribution in [0.3, 0.4) is 0 Å². The van der Waals surface area contributed by atoms with Gasteiger partial charge in [0.25, 0.3) is 5.91 Å². The van der Waals surface area contributed by atoms with E-state index in [4.69, 9.17) is 16.6 Å². The summed E-state index contributed by atoms with van der Waals surface area (Å²) in [6.45, 7) is 7.33. The number of piperazine rings is 1. The first kappa shape index (κ1) is 19.2. The van der Waals surface area contributed by atoms with E-state index in [0.717, 1.165) is 38.5 Å². The second kappa shape index (κ2) is 8.51. The summed E-state index contributed by atoms with van der Waals surface area (Å²) in [5.41, 5.74) is 1.28. The van der Waals surface area contributed by atoms with Crippen molar-refractivity contribution >= 4 is 46.0 Å². The van der Waals surface area contributed by atoms with Crippen molar-refractivity contribution in [3.05, 3.63) is 58.9 Å². The molecule has 0 unspecified atom stereocenters. The van der Waals surface area contributed by atoms with E-state index in [1.165, 1.54) is 17.4 Å². The summed E-state index contributed by atoms with van der Waals surface area (Å²) in [5.74, 6) is 1.59. The highest BCUT2D eigenvalue weighted by atomic mass is 32.2. The molecule has 2 aromatic rings. The quantitative estimate of drug-likeness (QED) is 0.548. The van der Waals surface area contributed by atoms with Gasteiger partial charge in [-0.15, -0.1) is 0 Å². The summed E-state index contributed by atoms with van der Waals surface area (Å²) in [6, 6.07) is 14.5. The molecule has 28 heavy (non-hydrogen) atoms. The molecule has 0 spiro atoms. The summed E-state index contributed by atoms with van der Waals surface area (Å²) < 4.78 is 6.57. The SMILES string of the molecule is CCN1C(=O)/C(=C/c2ccc(CN3CCN(c4ccccc4)CC3)o2)SC1=S. The van der Waals surface area contributed by atoms with Crippen LogP contribution >= 0.6 is 24.0 Å². The zero-order valence-corrected chi connectivity index (χ0v) is 17.5. The van der Waals surface area contributed by atoms with Crippen LogP contribution < -0.4 is 4.90 Å². The first-order valence-electron chi connectivity index (χ1n) is 9.50. The summed E-state index contributed by atoms with van der Waals surface area (Å²) in [7, 11) is 0. The van der Waals surface area contributed by atoms with E-state index in [1.54, 1.807) is 11.0 Å². The van der Waals surface area contributed by atoms with Gasteiger partial charge in [0.1, 0.15) is 15.8 Å². The minimum absolute atomic E-state index is 0.0347. The van der Waals surface area contributed by atoms with Gasteiger partial charge in [0, 0.05) is 44.5 Å². The highest BCUT2D eigenvalue weighted by Gasteiger charge is 2.30. The molecule has 0 radical (unpaired) electrons. The molecule has 7 heteroatoms. The standard InChI is InChI=1S/C21H23N3O2S2/c1-2-24-20(25)19(28-21(24)27)14-17-8-9-18(26-17)15-22-10-12-23(13-11-22)16-6-4-3-5-7-16/h3-9,14H,2,10-13,15H2,1H3/b19-14-. The highest BCUT2D eigenvalue weighted by Crippen LogP contribution is 2.32. The fourth-order valence-corrected chi connectivity index (χ4v) is 4.85. The topological polar surface area (TPSA) is 39.9 Å². The molecule has 2 aliphatic rings. The predicted molar refractivity (Wildman–Crippen MR) is 118 cm³/mol. The summed E-state index contributed by atoms with van der Waals surface area (Å²) in [6.07, 6.45) is 1.80. The summed E-state index contributed by atoms with van der Waals surface area (Å²) >= 11 is 6.59. The van der Waals surface area contributed by atoms with E-state index in [1.807, 2.05) is 19.1 Å². The van der Waals surface area contributed by atoms with Gasteiger partial charge in [0.2, 0.25) is 0 Å². The monoisotopic (exact) mass is 413 g/mol. The molecule has 4 rings (SSSR count). The minimum Gasteiger partial charge on any atom is -0.460 e. The van der Waals surface area contributed by atoms with Gasteiger partial charge < -0.3 is 9.32 Å². The molecule has 2 aliphatic heterocycles. The van der Waals surface area contributed by atoms with Gasteiger partial charge >= 0.3 is 0 Å². The van der Waals surface area contributed by atoms with Crippen LogP contribution in [0.5, 0.6) is 0 Å². The molecule has 2 saturated heterocycles. The minimum atomic E-state index is -0.0347. The number of hydrogen-bond donors (Lipinski definition) is 0. The van der Waals surface area contributed by atoms with Gasteiger partial charge in [-0.2, -0.15) is 0 Å². The number of carbonyl (C=O) groups is 1. The average molecular weight is 414 g/mol. The lowest BCUT2D eigenvalue weighted by Gasteiger charge is -2.35.